The molecule has 0 saturated heterocycles. The van der Waals surface area contributed by atoms with Crippen molar-refractivity contribution in [2.45, 2.75) is 51.6 Å². The summed E-state index contributed by atoms with van der Waals surface area (Å²) in [6, 6.07) is 7.98. The normalized spacial score (nSPS) is 16.3. The summed E-state index contributed by atoms with van der Waals surface area (Å²) in [4.78, 5) is 41.7. The Kier molecular flexibility index (Phi) is 6.57. The average molecular weight is 508 g/mol. The van der Waals surface area contributed by atoms with Gasteiger partial charge < -0.3 is 24.3 Å². The number of nitrogens with one attached hydrogen (secondary N) is 1. The van der Waals surface area contributed by atoms with Crippen LogP contribution in [-0.4, -0.2) is 41.7 Å². The molecule has 0 bridgehead atoms. The Bertz CT molecular complexity index is 1340. The van der Waals surface area contributed by atoms with Crippen molar-refractivity contribution in [3.8, 4) is 5.00 Å². The second kappa shape index (κ2) is 9.81. The van der Waals surface area contributed by atoms with Crippen LogP contribution in [0.1, 0.15) is 74.6 Å². The first kappa shape index (κ1) is 24.1. The molecule has 3 heterocycles. The number of methoxy groups -OCH3 is 2. The van der Waals surface area contributed by atoms with Gasteiger partial charge in [-0.2, -0.15) is 0 Å². The molecule has 1 N–H and O–H groups in total. The fraction of sp³-hybridized carbons (Fsp3) is 0.370. The van der Waals surface area contributed by atoms with Gasteiger partial charge in [0.1, 0.15) is 5.00 Å². The summed E-state index contributed by atoms with van der Waals surface area (Å²) in [5, 5.41) is 4.10. The first-order valence-corrected chi connectivity index (χ1v) is 13.0. The van der Waals surface area contributed by atoms with E-state index in [0.29, 0.717) is 6.54 Å². The van der Waals surface area contributed by atoms with E-state index >= 15 is 0 Å². The molecule has 188 valence electrons. The molecule has 8 nitrogen and oxygen atoms in total. The lowest BCUT2D eigenvalue weighted by molar-refractivity contribution is 0.0587. The second-order valence-electron chi connectivity index (χ2n) is 9.02. The minimum absolute atomic E-state index is 0.163. The third kappa shape index (κ3) is 4.07. The highest BCUT2D eigenvalue weighted by Crippen LogP contribution is 2.43. The first-order chi connectivity index (χ1) is 17.5. The van der Waals surface area contributed by atoms with Gasteiger partial charge in [0, 0.05) is 22.3 Å². The van der Waals surface area contributed by atoms with Gasteiger partial charge in [-0.15, -0.1) is 11.3 Å². The zero-order valence-electron chi connectivity index (χ0n) is 20.6. The molecule has 0 saturated carbocycles. The molecule has 1 aromatic carbocycles. The number of hydrogen-bond donors (Lipinski definition) is 1. The molecule has 0 fully saturated rings. The molecule has 1 aliphatic carbocycles. The number of aromatic nitrogens is 1. The minimum atomic E-state index is -0.604. The van der Waals surface area contributed by atoms with Gasteiger partial charge in [0.2, 0.25) is 0 Å². The summed E-state index contributed by atoms with van der Waals surface area (Å²) in [5.74, 6) is -1.16. The Morgan fingerprint density at radius 2 is 1.83 bits per heavy atom. The zero-order chi connectivity index (χ0) is 25.4. The fourth-order valence-corrected chi connectivity index (χ4v) is 6.68. The van der Waals surface area contributed by atoms with E-state index in [9.17, 15) is 14.4 Å². The number of urea groups is 1. The summed E-state index contributed by atoms with van der Waals surface area (Å²) < 4.78 is 12.0. The Hall–Kier alpha value is -3.59. The average Bonchev–Trinajstić information content (AvgIpc) is 3.49. The van der Waals surface area contributed by atoms with Crippen molar-refractivity contribution in [1.29, 1.82) is 0 Å². The van der Waals surface area contributed by atoms with Crippen LogP contribution >= 0.6 is 11.3 Å². The number of thiophene rings is 1. The Balaban J connectivity index is 1.56. The van der Waals surface area contributed by atoms with Crippen molar-refractivity contribution in [3.05, 3.63) is 69.4 Å². The molecule has 2 aromatic heterocycles. The number of anilines is 1. The Morgan fingerprint density at radius 1 is 1.06 bits per heavy atom. The summed E-state index contributed by atoms with van der Waals surface area (Å²) in [6.07, 6.45) is 7.25. The van der Waals surface area contributed by atoms with Gasteiger partial charge in [0.05, 0.1) is 43.6 Å². The number of esters is 2. The van der Waals surface area contributed by atoms with Crippen LogP contribution in [0.3, 0.4) is 0 Å². The largest absolute Gasteiger partial charge is 0.465 e. The lowest BCUT2D eigenvalue weighted by atomic mass is 9.95. The maximum atomic E-state index is 13.9. The number of amides is 2. The van der Waals surface area contributed by atoms with E-state index in [0.717, 1.165) is 31.4 Å². The van der Waals surface area contributed by atoms with Crippen LogP contribution < -0.4 is 5.32 Å². The van der Waals surface area contributed by atoms with E-state index in [2.05, 4.69) is 29.1 Å². The molecule has 0 unspecified atom stereocenters. The van der Waals surface area contributed by atoms with Crippen LogP contribution in [0.15, 0.2) is 36.5 Å². The quantitative estimate of drug-likeness (QED) is 0.472. The summed E-state index contributed by atoms with van der Waals surface area (Å²) in [6.45, 7) is 2.53. The van der Waals surface area contributed by atoms with Crippen molar-refractivity contribution in [2.75, 3.05) is 19.5 Å². The monoisotopic (exact) mass is 507 g/mol. The molecule has 9 heteroatoms. The maximum absolute atomic E-state index is 13.9. The number of fused-ring (bicyclic) bond motifs is 5. The van der Waals surface area contributed by atoms with Gasteiger partial charge in [0.25, 0.3) is 0 Å². The van der Waals surface area contributed by atoms with Gasteiger partial charge >= 0.3 is 18.0 Å². The summed E-state index contributed by atoms with van der Waals surface area (Å²) in [7, 11) is 2.56. The van der Waals surface area contributed by atoms with E-state index in [1.54, 1.807) is 0 Å². The van der Waals surface area contributed by atoms with E-state index < -0.39 is 11.9 Å². The summed E-state index contributed by atoms with van der Waals surface area (Å²) >= 11 is 1.84. The second-order valence-corrected chi connectivity index (χ2v) is 10.1. The standard InChI is InChI=1S/C27H29N3O5S/c1-4-21-22-9-7-13-29(22)24-19(17-8-5-6-10-23(17)36-24)15-30(21)27(33)28-20-14-16(25(31)34-2)11-12-18(20)26(32)35-3/h7,9,11-14,21H,4-6,8,10,15H2,1-3H3,(H,28,33)/t21-/m0/s1. The van der Waals surface area contributed by atoms with E-state index in [1.165, 1.54) is 59.8 Å². The molecule has 2 amide bonds. The highest BCUT2D eigenvalue weighted by molar-refractivity contribution is 7.15. The number of benzene rings is 1. The number of ether oxygens (including phenoxy) is 2. The van der Waals surface area contributed by atoms with Gasteiger partial charge in [-0.3, -0.25) is 0 Å². The highest BCUT2D eigenvalue weighted by atomic mass is 32.1. The Morgan fingerprint density at radius 3 is 2.58 bits per heavy atom. The predicted molar refractivity (Wildman–Crippen MR) is 137 cm³/mol. The van der Waals surface area contributed by atoms with Gasteiger partial charge in [-0.25, -0.2) is 14.4 Å². The molecule has 1 aliphatic heterocycles. The van der Waals surface area contributed by atoms with E-state index in [4.69, 9.17) is 9.47 Å². The van der Waals surface area contributed by atoms with E-state index in [-0.39, 0.29) is 28.9 Å². The van der Waals surface area contributed by atoms with Crippen LogP contribution in [0.2, 0.25) is 0 Å². The van der Waals surface area contributed by atoms with Crippen molar-refractivity contribution in [3.63, 3.8) is 0 Å². The smallest absolute Gasteiger partial charge is 0.339 e. The van der Waals surface area contributed by atoms with Crippen molar-refractivity contribution < 1.29 is 23.9 Å². The molecule has 5 rings (SSSR count). The molecular formula is C27H29N3O5S. The topological polar surface area (TPSA) is 89.9 Å². The molecule has 2 aliphatic rings. The molecular weight excluding hydrogens is 478 g/mol. The van der Waals surface area contributed by atoms with Crippen molar-refractivity contribution >= 4 is 35.0 Å². The number of carbonyl (C=O) groups is 3. The van der Waals surface area contributed by atoms with Crippen molar-refractivity contribution in [2.24, 2.45) is 0 Å². The van der Waals surface area contributed by atoms with Crippen molar-refractivity contribution in [1.82, 2.24) is 9.47 Å². The van der Waals surface area contributed by atoms with Crippen LogP contribution in [0, 0.1) is 0 Å². The van der Waals surface area contributed by atoms with Crippen LogP contribution in [0.4, 0.5) is 10.5 Å². The lowest BCUT2D eigenvalue weighted by Crippen LogP contribution is -2.37. The molecule has 1 atom stereocenters. The van der Waals surface area contributed by atoms with Crippen LogP contribution in [-0.2, 0) is 28.9 Å². The molecule has 0 radical (unpaired) electrons. The minimum Gasteiger partial charge on any atom is -0.465 e. The number of rotatable bonds is 4. The van der Waals surface area contributed by atoms with Gasteiger partial charge in [-0.05, 0) is 68.0 Å². The Labute approximate surface area is 213 Å². The maximum Gasteiger partial charge on any atom is 0.339 e. The third-order valence-corrected chi connectivity index (χ3v) is 8.37. The third-order valence-electron chi connectivity index (χ3n) is 7.04. The number of hydrogen-bond acceptors (Lipinski definition) is 6. The SMILES string of the molecule is CC[C@H]1c2cccn2-c2sc3c(c2CN1C(=O)Nc1cc(C(=O)OC)ccc1C(=O)OC)CCCC3. The molecule has 36 heavy (non-hydrogen) atoms. The number of carbonyl (C=O) groups excluding carboxylic acids is 3. The number of nitrogens with zero attached hydrogens (tertiary/aromatic N) is 2. The summed E-state index contributed by atoms with van der Waals surface area (Å²) in [5.41, 5.74) is 4.23. The van der Waals surface area contributed by atoms with Crippen LogP contribution in [0.5, 0.6) is 0 Å². The molecule has 3 aromatic rings. The van der Waals surface area contributed by atoms with E-state index in [1.807, 2.05) is 22.3 Å². The fourth-order valence-electron chi connectivity index (χ4n) is 5.28. The lowest BCUT2D eigenvalue weighted by Gasteiger charge is -2.30. The van der Waals surface area contributed by atoms with Crippen LogP contribution in [0.25, 0.3) is 5.00 Å². The first-order valence-electron chi connectivity index (χ1n) is 12.2. The zero-order valence-corrected chi connectivity index (χ0v) is 21.4. The predicted octanol–water partition coefficient (Wildman–Crippen LogP) is 5.49. The number of aryl methyl sites for hydroxylation is 1. The highest BCUT2D eigenvalue weighted by Gasteiger charge is 2.34. The van der Waals surface area contributed by atoms with Gasteiger partial charge in [-0.1, -0.05) is 6.92 Å². The van der Waals surface area contributed by atoms with Gasteiger partial charge in [0.15, 0.2) is 0 Å². The molecule has 0 spiro atoms.